The lowest BCUT2D eigenvalue weighted by atomic mass is 10.2. The van der Waals surface area contributed by atoms with Crippen molar-refractivity contribution in [1.29, 1.82) is 0 Å². The standard InChI is InChI=1S/C19H16ClN5O3/c1-24-17(26)12-5-3-4-6-15(12)25-16(22-23-19(24)25)10-21-11-7-8-14(20)13(9-11)18(27)28-2/h3-9,21H,10H2,1-2H3. The molecule has 8 nitrogen and oxygen atoms in total. The minimum absolute atomic E-state index is 0.129. The van der Waals surface area contributed by atoms with E-state index in [4.69, 9.17) is 16.3 Å². The maximum absolute atomic E-state index is 12.5. The number of benzene rings is 2. The molecule has 0 aliphatic carbocycles. The van der Waals surface area contributed by atoms with Gasteiger partial charge < -0.3 is 10.1 Å². The third-order valence-corrected chi connectivity index (χ3v) is 4.84. The van der Waals surface area contributed by atoms with Gasteiger partial charge in [-0.25, -0.2) is 4.79 Å². The van der Waals surface area contributed by atoms with E-state index in [-0.39, 0.29) is 11.1 Å². The predicted octanol–water partition coefficient (Wildman–Crippen LogP) is 2.63. The minimum atomic E-state index is -0.512. The van der Waals surface area contributed by atoms with Crippen molar-refractivity contribution in [3.63, 3.8) is 0 Å². The molecule has 0 aliphatic rings. The van der Waals surface area contributed by atoms with Crippen molar-refractivity contribution >= 4 is 39.9 Å². The van der Waals surface area contributed by atoms with Gasteiger partial charge in [-0.1, -0.05) is 23.7 Å². The molecule has 0 fully saturated rings. The number of esters is 1. The van der Waals surface area contributed by atoms with Crippen LogP contribution in [0.25, 0.3) is 16.7 Å². The lowest BCUT2D eigenvalue weighted by molar-refractivity contribution is 0.0601. The number of halogens is 1. The van der Waals surface area contributed by atoms with Crippen LogP contribution in [0.5, 0.6) is 0 Å². The third kappa shape index (κ3) is 2.87. The average molecular weight is 398 g/mol. The number of fused-ring (bicyclic) bond motifs is 3. The number of hydrogen-bond acceptors (Lipinski definition) is 6. The van der Waals surface area contributed by atoms with Gasteiger partial charge in [-0.3, -0.25) is 13.8 Å². The Hall–Kier alpha value is -3.39. The summed E-state index contributed by atoms with van der Waals surface area (Å²) in [4.78, 5) is 24.3. The maximum atomic E-state index is 12.5. The summed E-state index contributed by atoms with van der Waals surface area (Å²) in [6.45, 7) is 0.325. The van der Waals surface area contributed by atoms with Crippen molar-refractivity contribution < 1.29 is 9.53 Å². The molecular formula is C19H16ClN5O3. The van der Waals surface area contributed by atoms with Crippen LogP contribution in [-0.4, -0.2) is 32.2 Å². The van der Waals surface area contributed by atoms with Crippen molar-refractivity contribution in [3.8, 4) is 0 Å². The number of carbonyl (C=O) groups excluding carboxylic acids is 1. The van der Waals surface area contributed by atoms with Crippen molar-refractivity contribution in [2.75, 3.05) is 12.4 Å². The molecule has 9 heteroatoms. The number of aromatic nitrogens is 4. The number of aryl methyl sites for hydroxylation is 1. The van der Waals surface area contributed by atoms with Gasteiger partial charge in [-0.2, -0.15) is 0 Å². The van der Waals surface area contributed by atoms with Gasteiger partial charge in [-0.15, -0.1) is 10.2 Å². The first-order valence-electron chi connectivity index (χ1n) is 8.44. The summed E-state index contributed by atoms with van der Waals surface area (Å²) in [5, 5.41) is 12.5. The molecule has 4 rings (SSSR count). The Bertz CT molecular complexity index is 1280. The van der Waals surface area contributed by atoms with Crippen molar-refractivity contribution in [1.82, 2.24) is 19.2 Å². The van der Waals surface area contributed by atoms with E-state index >= 15 is 0 Å². The molecule has 142 valence electrons. The van der Waals surface area contributed by atoms with E-state index in [9.17, 15) is 9.59 Å². The normalized spacial score (nSPS) is 11.1. The second-order valence-electron chi connectivity index (χ2n) is 6.17. The number of nitrogens with one attached hydrogen (secondary N) is 1. The molecule has 2 aromatic heterocycles. The van der Waals surface area contributed by atoms with Gasteiger partial charge in [0, 0.05) is 12.7 Å². The number of anilines is 1. The third-order valence-electron chi connectivity index (χ3n) is 4.52. The van der Waals surface area contributed by atoms with Crippen molar-refractivity contribution in [3.05, 3.63) is 69.2 Å². The van der Waals surface area contributed by atoms with Crippen LogP contribution >= 0.6 is 11.6 Å². The SMILES string of the molecule is COC(=O)c1cc(NCc2nnc3n(C)c(=O)c4ccccc4n23)ccc1Cl. The molecule has 28 heavy (non-hydrogen) atoms. The molecule has 0 unspecified atom stereocenters. The summed E-state index contributed by atoms with van der Waals surface area (Å²) in [6.07, 6.45) is 0. The highest BCUT2D eigenvalue weighted by Crippen LogP contribution is 2.22. The Morgan fingerprint density at radius 2 is 2.00 bits per heavy atom. The lowest BCUT2D eigenvalue weighted by Gasteiger charge is -2.10. The predicted molar refractivity (Wildman–Crippen MR) is 106 cm³/mol. The smallest absolute Gasteiger partial charge is 0.339 e. The van der Waals surface area contributed by atoms with E-state index in [1.807, 2.05) is 22.6 Å². The van der Waals surface area contributed by atoms with Crippen LogP contribution in [0.3, 0.4) is 0 Å². The van der Waals surface area contributed by atoms with Crippen LogP contribution in [0.1, 0.15) is 16.2 Å². The summed E-state index contributed by atoms with van der Waals surface area (Å²) in [6, 6.07) is 12.3. The Kier molecular flexibility index (Phi) is 4.48. The molecule has 0 amide bonds. The highest BCUT2D eigenvalue weighted by Gasteiger charge is 2.15. The van der Waals surface area contributed by atoms with Crippen LogP contribution in [0.15, 0.2) is 47.3 Å². The molecule has 0 aliphatic heterocycles. The number of carbonyl (C=O) groups is 1. The van der Waals surface area contributed by atoms with E-state index in [0.29, 0.717) is 34.2 Å². The Labute approximate surface area is 164 Å². The van der Waals surface area contributed by atoms with E-state index in [1.54, 1.807) is 31.3 Å². The van der Waals surface area contributed by atoms with Gasteiger partial charge in [0.05, 0.1) is 35.1 Å². The van der Waals surface area contributed by atoms with E-state index in [2.05, 4.69) is 15.5 Å². The largest absolute Gasteiger partial charge is 0.465 e. The Morgan fingerprint density at radius 1 is 1.21 bits per heavy atom. The summed E-state index contributed by atoms with van der Waals surface area (Å²) in [5.41, 5.74) is 1.55. The summed E-state index contributed by atoms with van der Waals surface area (Å²) in [7, 11) is 2.97. The van der Waals surface area contributed by atoms with Gasteiger partial charge in [0.2, 0.25) is 5.78 Å². The molecule has 0 radical (unpaired) electrons. The zero-order valence-corrected chi connectivity index (χ0v) is 15.9. The van der Waals surface area contributed by atoms with E-state index in [1.165, 1.54) is 11.7 Å². The lowest BCUT2D eigenvalue weighted by Crippen LogP contribution is -2.20. The van der Waals surface area contributed by atoms with Crippen LogP contribution < -0.4 is 10.9 Å². The average Bonchev–Trinajstić information content (AvgIpc) is 3.15. The second kappa shape index (κ2) is 6.97. The monoisotopic (exact) mass is 397 g/mol. The van der Waals surface area contributed by atoms with Gasteiger partial charge in [0.25, 0.3) is 5.56 Å². The van der Waals surface area contributed by atoms with Gasteiger partial charge in [-0.05, 0) is 30.3 Å². The number of para-hydroxylation sites is 1. The first-order valence-corrected chi connectivity index (χ1v) is 8.82. The fourth-order valence-electron chi connectivity index (χ4n) is 3.09. The van der Waals surface area contributed by atoms with Gasteiger partial charge in [0.1, 0.15) is 0 Å². The minimum Gasteiger partial charge on any atom is -0.465 e. The highest BCUT2D eigenvalue weighted by atomic mass is 35.5. The molecule has 2 heterocycles. The molecule has 0 saturated carbocycles. The number of rotatable bonds is 4. The number of ether oxygens (including phenoxy) is 1. The Balaban J connectivity index is 1.74. The number of methoxy groups -OCH3 is 1. The molecular weight excluding hydrogens is 382 g/mol. The van der Waals surface area contributed by atoms with Gasteiger partial charge >= 0.3 is 5.97 Å². The zero-order chi connectivity index (χ0) is 19.8. The molecule has 0 spiro atoms. The van der Waals surface area contributed by atoms with Crippen LogP contribution in [-0.2, 0) is 18.3 Å². The molecule has 2 aromatic carbocycles. The van der Waals surface area contributed by atoms with E-state index in [0.717, 1.165) is 5.52 Å². The molecule has 0 atom stereocenters. The molecule has 4 aromatic rings. The fourth-order valence-corrected chi connectivity index (χ4v) is 3.28. The number of hydrogen-bond donors (Lipinski definition) is 1. The molecule has 0 bridgehead atoms. The first kappa shape index (κ1) is 18.0. The van der Waals surface area contributed by atoms with Crippen LogP contribution in [0.2, 0.25) is 5.02 Å². The molecule has 0 saturated heterocycles. The topological polar surface area (TPSA) is 90.5 Å². The zero-order valence-electron chi connectivity index (χ0n) is 15.1. The number of nitrogens with zero attached hydrogens (tertiary/aromatic N) is 4. The van der Waals surface area contributed by atoms with Crippen molar-refractivity contribution in [2.24, 2.45) is 7.05 Å². The highest BCUT2D eigenvalue weighted by molar-refractivity contribution is 6.33. The second-order valence-corrected chi connectivity index (χ2v) is 6.58. The van der Waals surface area contributed by atoms with Crippen LogP contribution in [0.4, 0.5) is 5.69 Å². The Morgan fingerprint density at radius 3 is 2.79 bits per heavy atom. The maximum Gasteiger partial charge on any atom is 0.339 e. The summed E-state index contributed by atoms with van der Waals surface area (Å²) < 4.78 is 8.05. The first-order chi connectivity index (χ1) is 13.5. The fraction of sp³-hybridized carbons (Fsp3) is 0.158. The van der Waals surface area contributed by atoms with E-state index < -0.39 is 5.97 Å². The molecule has 1 N–H and O–H groups in total. The van der Waals surface area contributed by atoms with Crippen molar-refractivity contribution in [2.45, 2.75) is 6.54 Å². The summed E-state index contributed by atoms with van der Waals surface area (Å²) in [5.74, 6) is 0.561. The van der Waals surface area contributed by atoms with Crippen LogP contribution in [0, 0.1) is 0 Å². The quantitative estimate of drug-likeness (QED) is 0.532. The van der Waals surface area contributed by atoms with Gasteiger partial charge in [0.15, 0.2) is 5.82 Å². The summed E-state index contributed by atoms with van der Waals surface area (Å²) >= 11 is 6.06.